The van der Waals surface area contributed by atoms with E-state index < -0.39 is 0 Å². The highest BCUT2D eigenvalue weighted by Gasteiger charge is 2.18. The first-order chi connectivity index (χ1) is 18.1. The van der Waals surface area contributed by atoms with Gasteiger partial charge in [0.2, 0.25) is 5.91 Å². The molecule has 0 aliphatic carbocycles. The molecule has 1 aliphatic heterocycles. The Hall–Kier alpha value is -4.57. The first kappa shape index (κ1) is 22.9. The summed E-state index contributed by atoms with van der Waals surface area (Å²) in [6, 6.07) is 11.7. The van der Waals surface area contributed by atoms with Crippen molar-refractivity contribution in [2.24, 2.45) is 0 Å². The number of carbonyl (C=O) groups excluding carboxylic acids is 1. The number of fused-ring (bicyclic) bond motifs is 2. The van der Waals surface area contributed by atoms with E-state index in [9.17, 15) is 4.79 Å². The number of carbonyl (C=O) groups is 1. The number of nitrogens with one attached hydrogen (secondary N) is 1. The number of anilines is 2. The molecule has 1 N–H and O–H groups in total. The summed E-state index contributed by atoms with van der Waals surface area (Å²) < 4.78 is 7.78. The molecular formula is C27H23N7O2S. The van der Waals surface area contributed by atoms with Crippen LogP contribution in [-0.2, 0) is 4.79 Å². The summed E-state index contributed by atoms with van der Waals surface area (Å²) in [4.78, 5) is 29.0. The van der Waals surface area contributed by atoms with Crippen LogP contribution in [0.5, 0.6) is 11.5 Å². The molecule has 0 saturated heterocycles. The Balaban J connectivity index is 1.24. The van der Waals surface area contributed by atoms with Crippen LogP contribution in [0.1, 0.15) is 23.3 Å². The standard InChI is InChI=1S/C27H23N7O2S/c1-3-25(35)33-9-4-5-18(14-33)23-13-21-26(29-15-30-27(21)37-23)32-19-6-7-22(17(2)11-19)36-20-8-10-34-24(12-20)28-16-31-34/h3,6-8,10-16H,1,4-5,9H2,2H3,(H,29,30,32). The van der Waals surface area contributed by atoms with E-state index in [0.29, 0.717) is 12.3 Å². The number of rotatable bonds is 6. The smallest absolute Gasteiger partial charge is 0.249 e. The van der Waals surface area contributed by atoms with E-state index in [-0.39, 0.29) is 5.91 Å². The molecule has 0 radical (unpaired) electrons. The van der Waals surface area contributed by atoms with Gasteiger partial charge in [-0.25, -0.2) is 19.5 Å². The van der Waals surface area contributed by atoms with Gasteiger partial charge >= 0.3 is 0 Å². The van der Waals surface area contributed by atoms with Crippen molar-refractivity contribution in [2.75, 3.05) is 11.9 Å². The highest BCUT2D eigenvalue weighted by molar-refractivity contribution is 7.19. The summed E-state index contributed by atoms with van der Waals surface area (Å²) >= 11 is 1.60. The van der Waals surface area contributed by atoms with Crippen molar-refractivity contribution in [3.8, 4) is 11.5 Å². The van der Waals surface area contributed by atoms with Gasteiger partial charge in [-0.3, -0.25) is 4.79 Å². The van der Waals surface area contributed by atoms with Crippen LogP contribution in [0.15, 0.2) is 74.1 Å². The topological polar surface area (TPSA) is 97.5 Å². The zero-order chi connectivity index (χ0) is 25.4. The van der Waals surface area contributed by atoms with Gasteiger partial charge in [0.05, 0.1) is 5.39 Å². The maximum atomic E-state index is 12.1. The Morgan fingerprint density at radius 2 is 2.08 bits per heavy atom. The number of ether oxygens (including phenoxy) is 1. The number of allylic oxidation sites excluding steroid dienone is 1. The summed E-state index contributed by atoms with van der Waals surface area (Å²) in [5.74, 6) is 2.09. The normalized spacial score (nSPS) is 13.5. The molecule has 5 aromatic rings. The predicted molar refractivity (Wildman–Crippen MR) is 144 cm³/mol. The molecule has 0 spiro atoms. The Morgan fingerprint density at radius 3 is 2.95 bits per heavy atom. The molecule has 6 rings (SSSR count). The highest BCUT2D eigenvalue weighted by atomic mass is 32.1. The maximum Gasteiger partial charge on any atom is 0.249 e. The van der Waals surface area contributed by atoms with Crippen molar-refractivity contribution < 1.29 is 9.53 Å². The van der Waals surface area contributed by atoms with E-state index in [1.807, 2.05) is 49.7 Å². The molecule has 0 atom stereocenters. The van der Waals surface area contributed by atoms with Gasteiger partial charge in [0, 0.05) is 35.6 Å². The molecular weight excluding hydrogens is 486 g/mol. The summed E-state index contributed by atoms with van der Waals surface area (Å²) in [5, 5.41) is 8.48. The van der Waals surface area contributed by atoms with Crippen molar-refractivity contribution in [2.45, 2.75) is 19.8 Å². The van der Waals surface area contributed by atoms with Crippen LogP contribution in [0.2, 0.25) is 0 Å². The minimum absolute atomic E-state index is 0.0812. The summed E-state index contributed by atoms with van der Waals surface area (Å²) in [6.45, 7) is 6.31. The lowest BCUT2D eigenvalue weighted by Crippen LogP contribution is -2.27. The summed E-state index contributed by atoms with van der Waals surface area (Å²) in [5.41, 5.74) is 3.71. The number of hydrogen-bond donors (Lipinski definition) is 1. The van der Waals surface area contributed by atoms with Crippen LogP contribution in [-0.4, -0.2) is 41.9 Å². The number of nitrogens with zero attached hydrogens (tertiary/aromatic N) is 6. The second kappa shape index (κ2) is 9.47. The number of benzene rings is 1. The third-order valence-corrected chi connectivity index (χ3v) is 7.30. The quantitative estimate of drug-likeness (QED) is 0.292. The number of hydrogen-bond acceptors (Lipinski definition) is 8. The lowest BCUT2D eigenvalue weighted by molar-refractivity contribution is -0.123. The molecule has 5 heterocycles. The van der Waals surface area contributed by atoms with Gasteiger partial charge in [-0.15, -0.1) is 11.3 Å². The number of amides is 1. The number of aromatic nitrogens is 5. The van der Waals surface area contributed by atoms with Crippen LogP contribution in [0.3, 0.4) is 0 Å². The fourth-order valence-corrected chi connectivity index (χ4v) is 5.35. The molecule has 1 amide bonds. The second-order valence-electron chi connectivity index (χ2n) is 8.68. The Labute approximate surface area is 216 Å². The van der Waals surface area contributed by atoms with Gasteiger partial charge < -0.3 is 15.0 Å². The third kappa shape index (κ3) is 4.54. The van der Waals surface area contributed by atoms with Gasteiger partial charge in [0.25, 0.3) is 0 Å². The number of aryl methyl sites for hydroxylation is 1. The first-order valence-corrected chi connectivity index (χ1v) is 12.6. The molecule has 4 aromatic heterocycles. The van der Waals surface area contributed by atoms with E-state index in [1.54, 1.807) is 27.1 Å². The van der Waals surface area contributed by atoms with Crippen molar-refractivity contribution in [3.05, 3.63) is 84.5 Å². The van der Waals surface area contributed by atoms with Crippen LogP contribution >= 0.6 is 11.3 Å². The van der Waals surface area contributed by atoms with Crippen LogP contribution in [0.4, 0.5) is 11.5 Å². The fourth-order valence-electron chi connectivity index (χ4n) is 4.31. The Bertz CT molecular complexity index is 1690. The first-order valence-electron chi connectivity index (χ1n) is 11.8. The van der Waals surface area contributed by atoms with E-state index in [1.165, 1.54) is 12.4 Å². The lowest BCUT2D eigenvalue weighted by Gasteiger charge is -2.23. The highest BCUT2D eigenvalue weighted by Crippen LogP contribution is 2.37. The second-order valence-corrected chi connectivity index (χ2v) is 9.71. The molecule has 184 valence electrons. The van der Waals surface area contributed by atoms with Gasteiger partial charge in [0.15, 0.2) is 5.65 Å². The van der Waals surface area contributed by atoms with Gasteiger partial charge in [-0.2, -0.15) is 5.10 Å². The average molecular weight is 510 g/mol. The summed E-state index contributed by atoms with van der Waals surface area (Å²) in [6.07, 6.45) is 10.0. The summed E-state index contributed by atoms with van der Waals surface area (Å²) in [7, 11) is 0. The van der Waals surface area contributed by atoms with E-state index in [2.05, 4.69) is 38.0 Å². The Morgan fingerprint density at radius 1 is 1.16 bits per heavy atom. The molecule has 1 aliphatic rings. The molecule has 0 saturated carbocycles. The molecule has 10 heteroatoms. The molecule has 0 bridgehead atoms. The van der Waals surface area contributed by atoms with Gasteiger partial charge in [0.1, 0.15) is 34.8 Å². The minimum atomic E-state index is -0.0812. The Kier molecular flexibility index (Phi) is 5.85. The maximum absolute atomic E-state index is 12.1. The monoisotopic (exact) mass is 509 g/mol. The largest absolute Gasteiger partial charge is 0.457 e. The van der Waals surface area contributed by atoms with Crippen molar-refractivity contribution in [3.63, 3.8) is 0 Å². The SMILES string of the molecule is C=CC(=O)N1C=C(c2cc3c(Nc4ccc(Oc5ccn6ncnc6c5)c(C)c4)ncnc3s2)CCC1. The van der Waals surface area contributed by atoms with Crippen LogP contribution in [0, 0.1) is 6.92 Å². The zero-order valence-electron chi connectivity index (χ0n) is 20.1. The van der Waals surface area contributed by atoms with E-state index in [4.69, 9.17) is 4.74 Å². The van der Waals surface area contributed by atoms with Gasteiger partial charge in [-0.05, 0) is 67.3 Å². The molecule has 9 nitrogen and oxygen atoms in total. The van der Waals surface area contributed by atoms with Crippen molar-refractivity contribution >= 4 is 50.2 Å². The lowest BCUT2D eigenvalue weighted by atomic mass is 10.1. The molecule has 0 fully saturated rings. The molecule has 0 unspecified atom stereocenters. The van der Waals surface area contributed by atoms with Crippen molar-refractivity contribution in [1.82, 2.24) is 29.5 Å². The van der Waals surface area contributed by atoms with Crippen LogP contribution < -0.4 is 10.1 Å². The average Bonchev–Trinajstić information content (AvgIpc) is 3.57. The zero-order valence-corrected chi connectivity index (χ0v) is 20.9. The van der Waals surface area contributed by atoms with Crippen LogP contribution in [0.25, 0.3) is 21.4 Å². The molecule has 1 aromatic carbocycles. The fraction of sp³-hybridized carbons (Fsp3) is 0.148. The van der Waals surface area contributed by atoms with E-state index in [0.717, 1.165) is 62.0 Å². The molecule has 37 heavy (non-hydrogen) atoms. The number of pyridine rings is 1. The minimum Gasteiger partial charge on any atom is -0.457 e. The predicted octanol–water partition coefficient (Wildman–Crippen LogP) is 5.73. The van der Waals surface area contributed by atoms with Crippen molar-refractivity contribution in [1.29, 1.82) is 0 Å². The third-order valence-electron chi connectivity index (χ3n) is 6.18. The van der Waals surface area contributed by atoms with Gasteiger partial charge in [-0.1, -0.05) is 6.58 Å². The number of thiophene rings is 1. The van der Waals surface area contributed by atoms with E-state index >= 15 is 0 Å².